The molecule has 1 aliphatic rings. The van der Waals surface area contributed by atoms with E-state index in [2.05, 4.69) is 0 Å². The maximum atomic E-state index is 12.6. The molecule has 0 aliphatic heterocycles. The van der Waals surface area contributed by atoms with Gasteiger partial charge < -0.3 is 18.9 Å². The van der Waals surface area contributed by atoms with Crippen molar-refractivity contribution >= 4 is 23.9 Å². The maximum Gasteiger partial charge on any atom is 0.334 e. The third-order valence-corrected chi connectivity index (χ3v) is 5.09. The standard InChI is InChI=1S/C21H30O8/c1-7-8-9-13-11-15(19(23)27-4)16(20(24)28-5)12(2)10-14(18(22)26-3)17(13)21(25)29-6/h12-13H,7-11H2,1-6H3/b16-15-,17-14-/t12-,13-/m0/s1. The van der Waals surface area contributed by atoms with Crippen LogP contribution in [0.15, 0.2) is 22.3 Å². The zero-order valence-corrected chi connectivity index (χ0v) is 18.0. The lowest BCUT2D eigenvalue weighted by atomic mass is 9.76. The highest BCUT2D eigenvalue weighted by Gasteiger charge is 2.38. The van der Waals surface area contributed by atoms with Gasteiger partial charge in [0.25, 0.3) is 0 Å². The molecule has 0 unspecified atom stereocenters. The van der Waals surface area contributed by atoms with Crippen LogP contribution < -0.4 is 0 Å². The van der Waals surface area contributed by atoms with Crippen molar-refractivity contribution in [1.29, 1.82) is 0 Å². The molecule has 0 aromatic rings. The Morgan fingerprint density at radius 3 is 1.66 bits per heavy atom. The lowest BCUT2D eigenvalue weighted by Gasteiger charge is -2.28. The Morgan fingerprint density at radius 2 is 1.21 bits per heavy atom. The first kappa shape index (κ1) is 24.4. The van der Waals surface area contributed by atoms with Crippen LogP contribution in [-0.2, 0) is 38.1 Å². The summed E-state index contributed by atoms with van der Waals surface area (Å²) in [5.41, 5.74) is 0.632. The Morgan fingerprint density at radius 1 is 0.759 bits per heavy atom. The molecule has 0 bridgehead atoms. The van der Waals surface area contributed by atoms with E-state index in [1.807, 2.05) is 6.92 Å². The van der Waals surface area contributed by atoms with Gasteiger partial charge in [-0.15, -0.1) is 0 Å². The second kappa shape index (κ2) is 11.4. The molecule has 0 fully saturated rings. The first-order chi connectivity index (χ1) is 13.8. The Kier molecular flexibility index (Phi) is 9.58. The molecule has 0 aromatic heterocycles. The van der Waals surface area contributed by atoms with E-state index in [-0.39, 0.29) is 35.1 Å². The Bertz CT molecular complexity index is 716. The molecule has 0 radical (unpaired) electrons. The van der Waals surface area contributed by atoms with E-state index < -0.39 is 35.7 Å². The summed E-state index contributed by atoms with van der Waals surface area (Å²) in [6.45, 7) is 3.67. The van der Waals surface area contributed by atoms with Crippen molar-refractivity contribution in [3.8, 4) is 0 Å². The van der Waals surface area contributed by atoms with Crippen molar-refractivity contribution < 1.29 is 38.1 Å². The first-order valence-electron chi connectivity index (χ1n) is 9.56. The Labute approximate surface area is 171 Å². The second-order valence-electron chi connectivity index (χ2n) is 6.90. The molecule has 0 aromatic carbocycles. The van der Waals surface area contributed by atoms with Crippen LogP contribution >= 0.6 is 0 Å². The van der Waals surface area contributed by atoms with E-state index in [9.17, 15) is 19.2 Å². The van der Waals surface area contributed by atoms with Gasteiger partial charge in [-0.3, -0.25) is 0 Å². The van der Waals surface area contributed by atoms with Crippen LogP contribution in [0.5, 0.6) is 0 Å². The first-order valence-corrected chi connectivity index (χ1v) is 9.56. The zero-order chi connectivity index (χ0) is 22.1. The van der Waals surface area contributed by atoms with Gasteiger partial charge in [0.2, 0.25) is 0 Å². The minimum absolute atomic E-state index is 0.0185. The summed E-state index contributed by atoms with van der Waals surface area (Å²) in [5, 5.41) is 0. The fourth-order valence-corrected chi connectivity index (χ4v) is 3.68. The van der Waals surface area contributed by atoms with E-state index in [1.54, 1.807) is 6.92 Å². The van der Waals surface area contributed by atoms with Gasteiger partial charge in [-0.1, -0.05) is 26.7 Å². The van der Waals surface area contributed by atoms with E-state index in [4.69, 9.17) is 18.9 Å². The quantitative estimate of drug-likeness (QED) is 0.466. The largest absolute Gasteiger partial charge is 0.466 e. The minimum atomic E-state index is -0.669. The number of rotatable bonds is 7. The number of ether oxygens (including phenoxy) is 4. The number of carbonyl (C=O) groups excluding carboxylic acids is 4. The summed E-state index contributed by atoms with van der Waals surface area (Å²) in [7, 11) is 4.92. The normalized spacial score (nSPS) is 24.8. The van der Waals surface area contributed by atoms with Crippen molar-refractivity contribution in [2.75, 3.05) is 28.4 Å². The highest BCUT2D eigenvalue weighted by Crippen LogP contribution is 2.38. The monoisotopic (exact) mass is 410 g/mol. The Balaban J connectivity index is 3.77. The molecule has 1 aliphatic carbocycles. The van der Waals surface area contributed by atoms with E-state index in [0.29, 0.717) is 6.42 Å². The molecule has 0 N–H and O–H groups in total. The number of methoxy groups -OCH3 is 4. The summed E-state index contributed by atoms with van der Waals surface area (Å²) < 4.78 is 19.6. The van der Waals surface area contributed by atoms with Crippen molar-refractivity contribution in [3.05, 3.63) is 22.3 Å². The fourth-order valence-electron chi connectivity index (χ4n) is 3.68. The predicted molar refractivity (Wildman–Crippen MR) is 104 cm³/mol. The van der Waals surface area contributed by atoms with Crippen LogP contribution in [0.1, 0.15) is 46.0 Å². The number of hydrogen-bond donors (Lipinski definition) is 0. The van der Waals surface area contributed by atoms with Gasteiger partial charge in [0, 0.05) is 11.1 Å². The molecule has 29 heavy (non-hydrogen) atoms. The van der Waals surface area contributed by atoms with Crippen LogP contribution in [0, 0.1) is 11.8 Å². The third-order valence-electron chi connectivity index (χ3n) is 5.09. The lowest BCUT2D eigenvalue weighted by molar-refractivity contribution is -0.141. The molecular weight excluding hydrogens is 380 g/mol. The molecule has 0 saturated heterocycles. The van der Waals surface area contributed by atoms with Gasteiger partial charge in [-0.25, -0.2) is 19.2 Å². The van der Waals surface area contributed by atoms with E-state index in [1.165, 1.54) is 28.4 Å². The Hall–Kier alpha value is -2.64. The lowest BCUT2D eigenvalue weighted by Crippen LogP contribution is -2.29. The fraction of sp³-hybridized carbons (Fsp3) is 0.619. The average Bonchev–Trinajstić information content (AvgIpc) is 2.72. The van der Waals surface area contributed by atoms with Gasteiger partial charge in [0.05, 0.1) is 39.6 Å². The molecule has 0 heterocycles. The minimum Gasteiger partial charge on any atom is -0.466 e. The number of hydrogen-bond acceptors (Lipinski definition) is 8. The summed E-state index contributed by atoms with van der Waals surface area (Å²) in [4.78, 5) is 50.2. The van der Waals surface area contributed by atoms with Crippen LogP contribution in [0.2, 0.25) is 0 Å². The molecule has 162 valence electrons. The zero-order valence-electron chi connectivity index (χ0n) is 18.0. The highest BCUT2D eigenvalue weighted by molar-refractivity contribution is 6.04. The topological polar surface area (TPSA) is 105 Å². The SMILES string of the molecule is CCCC[C@H]1C/C(C(=O)OC)=C(/C(=O)OC)[C@@H](C)C/C(C(=O)OC)=C\1C(=O)OC. The average molecular weight is 410 g/mol. The summed E-state index contributed by atoms with van der Waals surface area (Å²) in [5.74, 6) is -3.74. The molecule has 8 nitrogen and oxygen atoms in total. The summed E-state index contributed by atoms with van der Waals surface area (Å²) in [6.07, 6.45) is 2.18. The van der Waals surface area contributed by atoms with Gasteiger partial charge in [0.15, 0.2) is 0 Å². The predicted octanol–water partition coefficient (Wildman–Crippen LogP) is 2.51. The van der Waals surface area contributed by atoms with E-state index >= 15 is 0 Å². The van der Waals surface area contributed by atoms with Gasteiger partial charge >= 0.3 is 23.9 Å². The second-order valence-corrected chi connectivity index (χ2v) is 6.90. The van der Waals surface area contributed by atoms with Gasteiger partial charge in [0.1, 0.15) is 0 Å². The van der Waals surface area contributed by atoms with Crippen LogP contribution in [-0.4, -0.2) is 52.3 Å². The van der Waals surface area contributed by atoms with Crippen LogP contribution in [0.25, 0.3) is 0 Å². The van der Waals surface area contributed by atoms with Gasteiger partial charge in [-0.05, 0) is 31.1 Å². The van der Waals surface area contributed by atoms with Crippen LogP contribution in [0.3, 0.4) is 0 Å². The number of carbonyl (C=O) groups is 4. The van der Waals surface area contributed by atoms with Crippen LogP contribution in [0.4, 0.5) is 0 Å². The van der Waals surface area contributed by atoms with Crippen molar-refractivity contribution in [2.24, 2.45) is 11.8 Å². The third kappa shape index (κ3) is 5.68. The molecule has 8 heteroatoms. The van der Waals surface area contributed by atoms with Crippen molar-refractivity contribution in [3.63, 3.8) is 0 Å². The number of esters is 4. The molecule has 0 saturated carbocycles. The molecule has 0 spiro atoms. The molecule has 2 atom stereocenters. The molecular formula is C21H30O8. The summed E-state index contributed by atoms with van der Waals surface area (Å²) in [6, 6.07) is 0. The smallest absolute Gasteiger partial charge is 0.334 e. The molecule has 1 rings (SSSR count). The molecule has 0 amide bonds. The van der Waals surface area contributed by atoms with E-state index in [0.717, 1.165) is 12.8 Å². The van der Waals surface area contributed by atoms with Crippen molar-refractivity contribution in [2.45, 2.75) is 46.0 Å². The maximum absolute atomic E-state index is 12.6. The highest BCUT2D eigenvalue weighted by atomic mass is 16.5. The number of unbranched alkanes of at least 4 members (excludes halogenated alkanes) is 1. The van der Waals surface area contributed by atoms with Crippen molar-refractivity contribution in [1.82, 2.24) is 0 Å². The van der Waals surface area contributed by atoms with Gasteiger partial charge in [-0.2, -0.15) is 0 Å². The summed E-state index contributed by atoms with van der Waals surface area (Å²) >= 11 is 0.